The molecule has 29 heavy (non-hydrogen) atoms. The number of aromatic nitrogens is 1. The first-order chi connectivity index (χ1) is 13.5. The van der Waals surface area contributed by atoms with Crippen LogP contribution in [0.3, 0.4) is 0 Å². The number of benzene rings is 1. The Balaban J connectivity index is 2.62. The van der Waals surface area contributed by atoms with Gasteiger partial charge in [-0.2, -0.15) is 4.39 Å². The highest BCUT2D eigenvalue weighted by Crippen LogP contribution is 2.36. The number of amides is 1. The van der Waals surface area contributed by atoms with Gasteiger partial charge < -0.3 is 10.8 Å². The molecule has 1 unspecified atom stereocenters. The molecule has 3 N–H and O–H groups in total. The molecule has 2 aromatic rings. The monoisotopic (exact) mass is 402 g/mol. The van der Waals surface area contributed by atoms with Crippen LogP contribution < -0.4 is 5.73 Å². The van der Waals surface area contributed by atoms with E-state index >= 15 is 0 Å². The molecule has 1 aromatic carbocycles. The molecule has 0 radical (unpaired) electrons. The lowest BCUT2D eigenvalue weighted by Crippen LogP contribution is -2.47. The predicted molar refractivity (Wildman–Crippen MR) is 108 cm³/mol. The van der Waals surface area contributed by atoms with Crippen molar-refractivity contribution in [2.24, 2.45) is 0 Å². The van der Waals surface area contributed by atoms with Crippen molar-refractivity contribution in [2.75, 3.05) is 5.73 Å². The van der Waals surface area contributed by atoms with Crippen molar-refractivity contribution in [3.05, 3.63) is 64.7 Å². The third kappa shape index (κ3) is 4.68. The lowest BCUT2D eigenvalue weighted by atomic mass is 9.94. The van der Waals surface area contributed by atoms with Gasteiger partial charge in [0.25, 0.3) is 5.69 Å². The SMILES string of the molecule is C=CCC(c1cc(-c2ccc([N+](=O)[O-])cc2N)cnc1F)N(C(=O)O)C(C)(C)C. The Morgan fingerprint density at radius 2 is 2.10 bits per heavy atom. The molecule has 9 heteroatoms. The van der Waals surface area contributed by atoms with E-state index in [1.807, 2.05) is 0 Å². The first kappa shape index (κ1) is 21.8. The molecule has 8 nitrogen and oxygen atoms in total. The molecule has 154 valence electrons. The maximum absolute atomic E-state index is 14.7. The zero-order chi connectivity index (χ0) is 21.9. The van der Waals surface area contributed by atoms with E-state index in [4.69, 9.17) is 5.73 Å². The number of nitro groups is 1. The van der Waals surface area contributed by atoms with Gasteiger partial charge in [-0.25, -0.2) is 9.78 Å². The topological polar surface area (TPSA) is 123 Å². The second-order valence-corrected chi connectivity index (χ2v) is 7.50. The third-order valence-corrected chi connectivity index (χ3v) is 4.41. The summed E-state index contributed by atoms with van der Waals surface area (Å²) < 4.78 is 14.7. The van der Waals surface area contributed by atoms with E-state index in [2.05, 4.69) is 11.6 Å². The van der Waals surface area contributed by atoms with Crippen LogP contribution >= 0.6 is 0 Å². The highest BCUT2D eigenvalue weighted by molar-refractivity contribution is 5.78. The van der Waals surface area contributed by atoms with Gasteiger partial charge in [0.2, 0.25) is 5.95 Å². The highest BCUT2D eigenvalue weighted by Gasteiger charge is 2.35. The molecule has 0 aliphatic carbocycles. The molecule has 0 aliphatic rings. The second kappa shape index (κ2) is 8.26. The van der Waals surface area contributed by atoms with Crippen molar-refractivity contribution in [2.45, 2.75) is 38.8 Å². The van der Waals surface area contributed by atoms with E-state index in [9.17, 15) is 24.4 Å². The minimum Gasteiger partial charge on any atom is -0.465 e. The van der Waals surface area contributed by atoms with Crippen LogP contribution in [0.2, 0.25) is 0 Å². The van der Waals surface area contributed by atoms with Crippen molar-refractivity contribution < 1.29 is 19.2 Å². The van der Waals surface area contributed by atoms with Crippen molar-refractivity contribution in [1.29, 1.82) is 0 Å². The Morgan fingerprint density at radius 3 is 2.59 bits per heavy atom. The smallest absolute Gasteiger partial charge is 0.408 e. The zero-order valence-electron chi connectivity index (χ0n) is 16.4. The van der Waals surface area contributed by atoms with Crippen molar-refractivity contribution in [3.8, 4) is 11.1 Å². The Morgan fingerprint density at radius 1 is 1.45 bits per heavy atom. The third-order valence-electron chi connectivity index (χ3n) is 4.41. The normalized spacial score (nSPS) is 12.3. The number of carbonyl (C=O) groups is 1. The average molecular weight is 402 g/mol. The number of non-ortho nitro benzene ring substituents is 1. The summed E-state index contributed by atoms with van der Waals surface area (Å²) in [6.45, 7) is 8.78. The van der Waals surface area contributed by atoms with Crippen molar-refractivity contribution >= 4 is 17.5 Å². The first-order valence-corrected chi connectivity index (χ1v) is 8.80. The van der Waals surface area contributed by atoms with E-state index in [-0.39, 0.29) is 23.4 Å². The standard InChI is InChI=1S/C20H23FN4O4/c1-5-6-17(24(19(26)27)20(2,3)4)15-9-12(11-23-18(15)21)14-8-7-13(25(28)29)10-16(14)22/h5,7-11,17H,1,6,22H2,2-4H3,(H,26,27). The van der Waals surface area contributed by atoms with E-state index < -0.39 is 28.5 Å². The number of halogens is 1. The summed E-state index contributed by atoms with van der Waals surface area (Å²) in [6.07, 6.45) is 1.73. The fourth-order valence-corrected chi connectivity index (χ4v) is 3.19. The molecule has 1 amide bonds. The van der Waals surface area contributed by atoms with Crippen molar-refractivity contribution in [1.82, 2.24) is 9.88 Å². The van der Waals surface area contributed by atoms with Gasteiger partial charge in [0.05, 0.1) is 11.0 Å². The summed E-state index contributed by atoms with van der Waals surface area (Å²) in [5, 5.41) is 20.6. The molecule has 0 saturated carbocycles. The van der Waals surface area contributed by atoms with Gasteiger partial charge in [0, 0.05) is 46.2 Å². The average Bonchev–Trinajstić information content (AvgIpc) is 2.60. The molecule has 0 bridgehead atoms. The maximum atomic E-state index is 14.7. The Kier molecular flexibility index (Phi) is 6.21. The summed E-state index contributed by atoms with van der Waals surface area (Å²) in [5.41, 5.74) is 6.01. The van der Waals surface area contributed by atoms with Gasteiger partial charge in [-0.05, 0) is 39.3 Å². The van der Waals surface area contributed by atoms with Crippen LogP contribution in [-0.4, -0.2) is 31.5 Å². The van der Waals surface area contributed by atoms with Gasteiger partial charge in [-0.1, -0.05) is 6.08 Å². The van der Waals surface area contributed by atoms with Gasteiger partial charge in [0.1, 0.15) is 0 Å². The largest absolute Gasteiger partial charge is 0.465 e. The highest BCUT2D eigenvalue weighted by atomic mass is 19.1. The van der Waals surface area contributed by atoms with E-state index in [1.54, 1.807) is 20.8 Å². The molecular weight excluding hydrogens is 379 g/mol. The number of hydrogen-bond acceptors (Lipinski definition) is 5. The molecule has 1 heterocycles. The molecule has 0 aliphatic heterocycles. The predicted octanol–water partition coefficient (Wildman–Crippen LogP) is 4.77. The second-order valence-electron chi connectivity index (χ2n) is 7.50. The van der Waals surface area contributed by atoms with E-state index in [0.717, 1.165) is 4.90 Å². The van der Waals surface area contributed by atoms with Crippen LogP contribution in [-0.2, 0) is 0 Å². The van der Waals surface area contributed by atoms with Crippen LogP contribution in [0.25, 0.3) is 11.1 Å². The van der Waals surface area contributed by atoms with Crippen LogP contribution in [0, 0.1) is 16.1 Å². The summed E-state index contributed by atoms with van der Waals surface area (Å²) in [4.78, 5) is 27.2. The number of hydrogen-bond donors (Lipinski definition) is 2. The number of anilines is 1. The molecule has 1 aromatic heterocycles. The summed E-state index contributed by atoms with van der Waals surface area (Å²) >= 11 is 0. The molecular formula is C20H23FN4O4. The Labute approximate surface area is 167 Å². The summed E-state index contributed by atoms with van der Waals surface area (Å²) in [5.74, 6) is -0.809. The van der Waals surface area contributed by atoms with Gasteiger partial charge >= 0.3 is 6.09 Å². The van der Waals surface area contributed by atoms with Crippen LogP contribution in [0.5, 0.6) is 0 Å². The number of nitrogens with two attached hydrogens (primary N) is 1. The minimum atomic E-state index is -1.20. The number of rotatable bonds is 6. The number of nitro benzene ring substituents is 1. The molecule has 0 fully saturated rings. The fraction of sp³-hybridized carbons (Fsp3) is 0.300. The first-order valence-electron chi connectivity index (χ1n) is 8.80. The van der Waals surface area contributed by atoms with Crippen LogP contribution in [0.4, 0.5) is 20.6 Å². The lowest BCUT2D eigenvalue weighted by Gasteiger charge is -2.39. The quantitative estimate of drug-likeness (QED) is 0.236. The van der Waals surface area contributed by atoms with Crippen LogP contribution in [0.15, 0.2) is 43.1 Å². The fourth-order valence-electron chi connectivity index (χ4n) is 3.19. The minimum absolute atomic E-state index is 0.0671. The van der Waals surface area contributed by atoms with Gasteiger partial charge in [-0.3, -0.25) is 15.0 Å². The molecule has 0 spiro atoms. The number of nitrogen functional groups attached to an aromatic ring is 1. The summed E-state index contributed by atoms with van der Waals surface area (Å²) in [6, 6.07) is 4.55. The van der Waals surface area contributed by atoms with Crippen LogP contribution in [0.1, 0.15) is 38.8 Å². The summed E-state index contributed by atoms with van der Waals surface area (Å²) in [7, 11) is 0. The zero-order valence-corrected chi connectivity index (χ0v) is 16.4. The van der Waals surface area contributed by atoms with Crippen molar-refractivity contribution in [3.63, 3.8) is 0 Å². The molecule has 0 saturated heterocycles. The van der Waals surface area contributed by atoms with Gasteiger partial charge in [-0.15, -0.1) is 6.58 Å². The van der Waals surface area contributed by atoms with Gasteiger partial charge in [0.15, 0.2) is 0 Å². The lowest BCUT2D eigenvalue weighted by molar-refractivity contribution is -0.384. The number of carboxylic acid groups (broad SMARTS) is 1. The molecule has 1 atom stereocenters. The maximum Gasteiger partial charge on any atom is 0.408 e. The number of pyridine rings is 1. The van der Waals surface area contributed by atoms with E-state index in [1.165, 1.54) is 36.5 Å². The number of nitrogens with zero attached hydrogens (tertiary/aromatic N) is 3. The molecule has 2 rings (SSSR count). The van der Waals surface area contributed by atoms with E-state index in [0.29, 0.717) is 11.1 Å². The Hall–Kier alpha value is -3.49. The Bertz CT molecular complexity index is 956.